The van der Waals surface area contributed by atoms with E-state index in [1.807, 2.05) is 6.07 Å². The lowest BCUT2D eigenvalue weighted by Crippen LogP contribution is -2.48. The third-order valence-corrected chi connectivity index (χ3v) is 8.22. The highest BCUT2D eigenvalue weighted by Gasteiger charge is 2.52. The number of hydrogen-bond acceptors (Lipinski definition) is 5. The van der Waals surface area contributed by atoms with Gasteiger partial charge in [0.2, 0.25) is 17.7 Å². The molecular formula is C21H26N2O5S. The molecule has 3 amide bonds. The van der Waals surface area contributed by atoms with Crippen LogP contribution in [0.5, 0.6) is 0 Å². The molecule has 1 aliphatic carbocycles. The van der Waals surface area contributed by atoms with Crippen LogP contribution >= 0.6 is 0 Å². The molecule has 0 radical (unpaired) electrons. The third kappa shape index (κ3) is 3.82. The summed E-state index contributed by atoms with van der Waals surface area (Å²) >= 11 is 0. The second-order valence-electron chi connectivity index (χ2n) is 8.46. The average Bonchev–Trinajstić information content (AvgIpc) is 3.15. The van der Waals surface area contributed by atoms with E-state index in [-0.39, 0.29) is 36.3 Å². The number of hydrogen-bond donors (Lipinski definition) is 0. The fourth-order valence-corrected chi connectivity index (χ4v) is 6.68. The number of para-hydroxylation sites is 1. The molecule has 2 heterocycles. The van der Waals surface area contributed by atoms with Gasteiger partial charge < -0.3 is 4.90 Å². The Balaban J connectivity index is 1.57. The molecule has 29 heavy (non-hydrogen) atoms. The highest BCUT2D eigenvalue weighted by molar-refractivity contribution is 7.91. The van der Waals surface area contributed by atoms with Gasteiger partial charge in [0.15, 0.2) is 9.84 Å². The van der Waals surface area contributed by atoms with Gasteiger partial charge in [0.25, 0.3) is 0 Å². The molecule has 0 N–H and O–H groups in total. The van der Waals surface area contributed by atoms with Crippen molar-refractivity contribution in [1.29, 1.82) is 0 Å². The van der Waals surface area contributed by atoms with Crippen molar-refractivity contribution in [3.63, 3.8) is 0 Å². The molecule has 1 atom stereocenters. The molecule has 2 aliphatic heterocycles. The Hall–Kier alpha value is -2.22. The van der Waals surface area contributed by atoms with E-state index in [0.29, 0.717) is 24.9 Å². The minimum atomic E-state index is -3.19. The molecule has 1 aromatic carbocycles. The zero-order valence-corrected chi connectivity index (χ0v) is 17.2. The van der Waals surface area contributed by atoms with Gasteiger partial charge in [0.05, 0.1) is 23.0 Å². The van der Waals surface area contributed by atoms with Crippen LogP contribution in [-0.4, -0.2) is 55.1 Å². The summed E-state index contributed by atoms with van der Waals surface area (Å²) in [5.41, 5.74) is -0.0461. The zero-order valence-electron chi connectivity index (χ0n) is 16.4. The lowest BCUT2D eigenvalue weighted by molar-refractivity contribution is -0.145. The van der Waals surface area contributed by atoms with E-state index >= 15 is 0 Å². The molecule has 1 aromatic rings. The topological polar surface area (TPSA) is 91.8 Å². The summed E-state index contributed by atoms with van der Waals surface area (Å²) in [5, 5.41) is 0. The number of amides is 3. The van der Waals surface area contributed by atoms with Crippen molar-refractivity contribution in [2.75, 3.05) is 23.0 Å². The number of anilines is 1. The number of benzene rings is 1. The maximum atomic E-state index is 13.2. The van der Waals surface area contributed by atoms with Crippen molar-refractivity contribution in [2.24, 2.45) is 5.41 Å². The number of rotatable bonds is 4. The highest BCUT2D eigenvalue weighted by Crippen LogP contribution is 2.45. The van der Waals surface area contributed by atoms with Gasteiger partial charge in [0.1, 0.15) is 6.54 Å². The molecule has 3 fully saturated rings. The summed E-state index contributed by atoms with van der Waals surface area (Å²) in [4.78, 5) is 41.5. The Morgan fingerprint density at radius 1 is 1.10 bits per heavy atom. The fraction of sp³-hybridized carbons (Fsp3) is 0.571. The van der Waals surface area contributed by atoms with E-state index < -0.39 is 27.2 Å². The van der Waals surface area contributed by atoms with Gasteiger partial charge in [-0.1, -0.05) is 37.5 Å². The lowest BCUT2D eigenvalue weighted by Gasteiger charge is -2.32. The first-order valence-corrected chi connectivity index (χ1v) is 12.1. The van der Waals surface area contributed by atoms with Crippen molar-refractivity contribution >= 4 is 33.2 Å². The van der Waals surface area contributed by atoms with Crippen LogP contribution in [0.15, 0.2) is 30.3 Å². The smallest absolute Gasteiger partial charge is 0.247 e. The number of nitrogens with zero attached hydrogens (tertiary/aromatic N) is 2. The Labute approximate surface area is 171 Å². The molecular weight excluding hydrogens is 392 g/mol. The summed E-state index contributed by atoms with van der Waals surface area (Å²) in [6.45, 7) is -0.329. The van der Waals surface area contributed by atoms with Gasteiger partial charge in [-0.25, -0.2) is 8.42 Å². The standard InChI is InChI=1S/C21H26N2O5S/c24-18-13-21(10-5-2-6-11-21)20(26)22(18)14-19(25)23(16-7-3-1-4-8-16)17-9-12-29(27,28)15-17/h1,3-4,7-8,17H,2,5-6,9-15H2/t17-/m0/s1. The third-order valence-electron chi connectivity index (χ3n) is 6.47. The van der Waals surface area contributed by atoms with Gasteiger partial charge in [-0.15, -0.1) is 0 Å². The van der Waals surface area contributed by atoms with Crippen molar-refractivity contribution in [2.45, 2.75) is 51.0 Å². The Morgan fingerprint density at radius 3 is 2.41 bits per heavy atom. The maximum absolute atomic E-state index is 13.2. The van der Waals surface area contributed by atoms with Gasteiger partial charge in [-0.3, -0.25) is 19.3 Å². The van der Waals surface area contributed by atoms with Crippen molar-refractivity contribution < 1.29 is 22.8 Å². The molecule has 1 spiro atoms. The molecule has 1 saturated carbocycles. The van der Waals surface area contributed by atoms with E-state index in [4.69, 9.17) is 0 Å². The SMILES string of the molecule is O=C1CC2(CCCCC2)C(=O)N1CC(=O)N(c1ccccc1)[C@H]1CCS(=O)(=O)C1. The second kappa shape index (κ2) is 7.55. The highest BCUT2D eigenvalue weighted by atomic mass is 32.2. The predicted molar refractivity (Wildman–Crippen MR) is 108 cm³/mol. The second-order valence-corrected chi connectivity index (χ2v) is 10.7. The lowest BCUT2D eigenvalue weighted by atomic mass is 9.73. The summed E-state index contributed by atoms with van der Waals surface area (Å²) in [7, 11) is -3.19. The van der Waals surface area contributed by atoms with Crippen LogP contribution in [0.25, 0.3) is 0 Å². The van der Waals surface area contributed by atoms with Crippen LogP contribution in [-0.2, 0) is 24.2 Å². The monoisotopic (exact) mass is 418 g/mol. The normalized spacial score (nSPS) is 25.5. The number of carbonyl (C=O) groups is 3. The number of sulfone groups is 1. The largest absolute Gasteiger partial charge is 0.307 e. The minimum absolute atomic E-state index is 0.0406. The molecule has 0 unspecified atom stereocenters. The molecule has 0 aromatic heterocycles. The Morgan fingerprint density at radius 2 is 1.79 bits per heavy atom. The first-order chi connectivity index (χ1) is 13.8. The number of imide groups is 1. The summed E-state index contributed by atoms with van der Waals surface area (Å²) in [5.74, 6) is -0.994. The predicted octanol–water partition coefficient (Wildman–Crippen LogP) is 1.92. The number of likely N-dealkylation sites (tertiary alicyclic amines) is 1. The average molecular weight is 419 g/mol. The van der Waals surface area contributed by atoms with Crippen LogP contribution < -0.4 is 4.90 Å². The van der Waals surface area contributed by atoms with Crippen LogP contribution in [0.1, 0.15) is 44.9 Å². The van der Waals surface area contributed by atoms with Gasteiger partial charge in [-0.05, 0) is 31.4 Å². The van der Waals surface area contributed by atoms with Crippen LogP contribution in [0.3, 0.4) is 0 Å². The zero-order chi connectivity index (χ0) is 20.6. The van der Waals surface area contributed by atoms with Gasteiger partial charge >= 0.3 is 0 Å². The van der Waals surface area contributed by atoms with E-state index in [0.717, 1.165) is 24.2 Å². The van der Waals surface area contributed by atoms with E-state index in [2.05, 4.69) is 0 Å². The number of carbonyl (C=O) groups excluding carboxylic acids is 3. The van der Waals surface area contributed by atoms with E-state index in [1.54, 1.807) is 24.3 Å². The molecule has 0 bridgehead atoms. The van der Waals surface area contributed by atoms with Crippen molar-refractivity contribution in [3.05, 3.63) is 30.3 Å². The van der Waals surface area contributed by atoms with Gasteiger partial charge in [-0.2, -0.15) is 0 Å². The molecule has 8 heteroatoms. The van der Waals surface area contributed by atoms with E-state index in [9.17, 15) is 22.8 Å². The summed E-state index contributed by atoms with van der Waals surface area (Å²) in [6, 6.07) is 8.40. The van der Waals surface area contributed by atoms with Crippen LogP contribution in [0.4, 0.5) is 5.69 Å². The first kappa shape index (κ1) is 20.1. The molecule has 156 valence electrons. The molecule has 4 rings (SSSR count). The van der Waals surface area contributed by atoms with Crippen molar-refractivity contribution in [3.8, 4) is 0 Å². The Kier molecular flexibility index (Phi) is 5.23. The van der Waals surface area contributed by atoms with Crippen molar-refractivity contribution in [1.82, 2.24) is 4.90 Å². The molecule has 7 nitrogen and oxygen atoms in total. The maximum Gasteiger partial charge on any atom is 0.247 e. The van der Waals surface area contributed by atoms with Gasteiger partial charge in [0, 0.05) is 12.1 Å². The molecule has 2 saturated heterocycles. The molecule has 3 aliphatic rings. The minimum Gasteiger partial charge on any atom is -0.307 e. The van der Waals surface area contributed by atoms with Crippen LogP contribution in [0.2, 0.25) is 0 Å². The fourth-order valence-electron chi connectivity index (χ4n) is 4.98. The van der Waals surface area contributed by atoms with E-state index in [1.165, 1.54) is 4.90 Å². The quantitative estimate of drug-likeness (QED) is 0.697. The summed E-state index contributed by atoms with van der Waals surface area (Å²) < 4.78 is 24.0. The summed E-state index contributed by atoms with van der Waals surface area (Å²) in [6.07, 6.45) is 4.86. The first-order valence-electron chi connectivity index (χ1n) is 10.2. The Bertz CT molecular complexity index is 922. The van der Waals surface area contributed by atoms with Crippen LogP contribution in [0, 0.1) is 5.41 Å².